The van der Waals surface area contributed by atoms with E-state index in [1.54, 1.807) is 14.2 Å². The second-order valence-corrected chi connectivity index (χ2v) is 8.20. The molecule has 3 aliphatic carbocycles. The molecule has 0 radical (unpaired) electrons. The second kappa shape index (κ2) is 6.97. The van der Waals surface area contributed by atoms with Crippen LogP contribution in [0.4, 0.5) is 0 Å². The Kier molecular flexibility index (Phi) is 4.38. The van der Waals surface area contributed by atoms with Crippen molar-refractivity contribution in [1.29, 1.82) is 0 Å². The van der Waals surface area contributed by atoms with E-state index in [0.717, 1.165) is 16.7 Å². The molecule has 6 nitrogen and oxygen atoms in total. The van der Waals surface area contributed by atoms with Crippen molar-refractivity contribution in [1.82, 2.24) is 4.90 Å². The maximum atomic E-state index is 13.3. The number of ether oxygens (including phenoxy) is 2. The number of imide groups is 1. The van der Waals surface area contributed by atoms with Crippen LogP contribution in [0.3, 0.4) is 0 Å². The number of likely N-dealkylation sites (tertiary alicyclic amines) is 1. The Balaban J connectivity index is 1.41. The van der Waals surface area contributed by atoms with E-state index >= 15 is 0 Å². The van der Waals surface area contributed by atoms with Crippen LogP contribution < -0.4 is 9.47 Å². The predicted octanol–water partition coefficient (Wildman–Crippen LogP) is 2.70. The number of hydrogen-bond donors (Lipinski definition) is 0. The number of amides is 2. The van der Waals surface area contributed by atoms with Gasteiger partial charge in [0.2, 0.25) is 11.8 Å². The van der Waals surface area contributed by atoms with Crippen LogP contribution in [0.5, 0.6) is 11.5 Å². The van der Waals surface area contributed by atoms with Gasteiger partial charge in [0.1, 0.15) is 5.78 Å². The highest BCUT2D eigenvalue weighted by molar-refractivity contribution is 6.11. The molecule has 4 atom stereocenters. The van der Waals surface area contributed by atoms with Crippen molar-refractivity contribution in [2.45, 2.75) is 24.7 Å². The molecule has 1 aliphatic heterocycles. The Morgan fingerprint density at radius 2 is 1.60 bits per heavy atom. The molecule has 1 heterocycles. The van der Waals surface area contributed by atoms with Crippen molar-refractivity contribution in [2.24, 2.45) is 11.8 Å². The summed E-state index contributed by atoms with van der Waals surface area (Å²) in [6.45, 7) is 0.296. The Hall–Kier alpha value is -3.15. The van der Waals surface area contributed by atoms with E-state index in [-0.39, 0.29) is 23.5 Å². The minimum atomic E-state index is -0.552. The third kappa shape index (κ3) is 2.59. The van der Waals surface area contributed by atoms with Crippen molar-refractivity contribution in [3.05, 3.63) is 59.2 Å². The number of carbonyl (C=O) groups excluding carboxylic acids is 3. The lowest BCUT2D eigenvalue weighted by molar-refractivity contribution is -0.140. The summed E-state index contributed by atoms with van der Waals surface area (Å²) in [6.07, 6.45) is 0.874. The first-order chi connectivity index (χ1) is 14.5. The van der Waals surface area contributed by atoms with Gasteiger partial charge in [-0.1, -0.05) is 30.3 Å². The number of hydrogen-bond acceptors (Lipinski definition) is 5. The number of methoxy groups -OCH3 is 2. The molecule has 2 aromatic rings. The van der Waals surface area contributed by atoms with E-state index in [4.69, 9.17) is 9.47 Å². The molecule has 30 heavy (non-hydrogen) atoms. The molecule has 6 heteroatoms. The van der Waals surface area contributed by atoms with Gasteiger partial charge in [0.15, 0.2) is 11.5 Å². The molecular weight excluding hydrogens is 382 g/mol. The summed E-state index contributed by atoms with van der Waals surface area (Å²) in [5, 5.41) is 0. The number of carbonyl (C=O) groups is 3. The molecule has 0 spiro atoms. The predicted molar refractivity (Wildman–Crippen MR) is 108 cm³/mol. The summed E-state index contributed by atoms with van der Waals surface area (Å²) in [5.41, 5.74) is 2.94. The average molecular weight is 405 g/mol. The maximum absolute atomic E-state index is 13.3. The summed E-state index contributed by atoms with van der Waals surface area (Å²) in [5.74, 6) is -0.654. The third-order valence-corrected chi connectivity index (χ3v) is 6.85. The van der Waals surface area contributed by atoms with Gasteiger partial charge in [-0.2, -0.15) is 0 Å². The fourth-order valence-electron chi connectivity index (χ4n) is 5.52. The number of nitrogens with zero attached hydrogens (tertiary/aromatic N) is 1. The fraction of sp³-hybridized carbons (Fsp3) is 0.375. The number of Topliss-reactive ketones (excluding diaryl/α,β-unsaturated/α-hetero) is 1. The van der Waals surface area contributed by atoms with E-state index in [2.05, 4.69) is 0 Å². The Bertz CT molecular complexity index is 1060. The lowest BCUT2D eigenvalue weighted by atomic mass is 9.56. The topological polar surface area (TPSA) is 72.9 Å². The normalized spacial score (nSPS) is 26.6. The van der Waals surface area contributed by atoms with Crippen molar-refractivity contribution >= 4 is 17.6 Å². The standard InChI is InChI=1S/C24H23NO5/c1-29-18-8-7-13(11-19(18)30-2)9-10-25-23(27)21-16-12-17(26)20(22(21)24(25)28)15-6-4-3-5-14(15)16/h3-8,11,16,20-22H,9-10,12H2,1-2H3/t16-,20-,21-,22+/m1/s1. The molecule has 1 saturated heterocycles. The van der Waals surface area contributed by atoms with E-state index < -0.39 is 17.8 Å². The molecule has 1 saturated carbocycles. The van der Waals surface area contributed by atoms with Crippen LogP contribution in [0.1, 0.15) is 34.9 Å². The summed E-state index contributed by atoms with van der Waals surface area (Å²) in [4.78, 5) is 40.6. The quantitative estimate of drug-likeness (QED) is 0.715. The van der Waals surface area contributed by atoms with Crippen LogP contribution in [0.2, 0.25) is 0 Å². The first-order valence-electron chi connectivity index (χ1n) is 10.2. The zero-order valence-electron chi connectivity index (χ0n) is 17.0. The van der Waals surface area contributed by atoms with Crippen LogP contribution in [0.15, 0.2) is 42.5 Å². The highest BCUT2D eigenvalue weighted by Crippen LogP contribution is 2.57. The molecule has 4 aliphatic rings. The zero-order chi connectivity index (χ0) is 21.0. The largest absolute Gasteiger partial charge is 0.493 e. The molecule has 2 fully saturated rings. The van der Waals surface area contributed by atoms with E-state index in [1.807, 2.05) is 42.5 Å². The van der Waals surface area contributed by atoms with E-state index in [9.17, 15) is 14.4 Å². The number of rotatable bonds is 5. The lowest BCUT2D eigenvalue weighted by Crippen LogP contribution is -2.44. The lowest BCUT2D eigenvalue weighted by Gasteiger charge is -2.43. The van der Waals surface area contributed by atoms with Crippen molar-refractivity contribution in [2.75, 3.05) is 20.8 Å². The van der Waals surface area contributed by atoms with Crippen molar-refractivity contribution in [3.63, 3.8) is 0 Å². The Morgan fingerprint density at radius 1 is 0.900 bits per heavy atom. The Labute approximate surface area is 174 Å². The van der Waals surface area contributed by atoms with Crippen molar-refractivity contribution < 1.29 is 23.9 Å². The van der Waals surface area contributed by atoms with Gasteiger partial charge in [0, 0.05) is 18.9 Å². The van der Waals surface area contributed by atoms with Gasteiger partial charge in [-0.25, -0.2) is 0 Å². The maximum Gasteiger partial charge on any atom is 0.234 e. The highest BCUT2D eigenvalue weighted by Gasteiger charge is 2.62. The smallest absolute Gasteiger partial charge is 0.234 e. The number of benzene rings is 2. The van der Waals surface area contributed by atoms with E-state index in [0.29, 0.717) is 30.9 Å². The molecular formula is C24H23NO5. The van der Waals surface area contributed by atoms with Crippen LogP contribution in [-0.2, 0) is 20.8 Å². The average Bonchev–Trinajstić information content (AvgIpc) is 3.03. The number of ketones is 1. The molecule has 0 aromatic heterocycles. The van der Waals surface area contributed by atoms with Crippen LogP contribution in [0.25, 0.3) is 0 Å². The zero-order valence-corrected chi connectivity index (χ0v) is 17.0. The SMILES string of the molecule is COc1ccc(CCN2C(=O)[C@@H]3[C@H](C2=O)[C@@H]2CC(=O)[C@H]3c3ccccc32)cc1OC. The molecule has 2 aromatic carbocycles. The van der Waals surface area contributed by atoms with Gasteiger partial charge < -0.3 is 9.47 Å². The van der Waals surface area contributed by atoms with Gasteiger partial charge in [0.05, 0.1) is 32.0 Å². The van der Waals surface area contributed by atoms with Crippen LogP contribution in [0, 0.1) is 11.8 Å². The minimum absolute atomic E-state index is 0.0860. The fourth-order valence-corrected chi connectivity index (χ4v) is 5.52. The monoisotopic (exact) mass is 405 g/mol. The van der Waals surface area contributed by atoms with Gasteiger partial charge in [-0.3, -0.25) is 19.3 Å². The number of fused-ring (bicyclic) bond motifs is 1. The van der Waals surface area contributed by atoms with Crippen molar-refractivity contribution in [3.8, 4) is 11.5 Å². The van der Waals surface area contributed by atoms with Crippen LogP contribution >= 0.6 is 0 Å². The molecule has 154 valence electrons. The first kappa shape index (κ1) is 18.9. The second-order valence-electron chi connectivity index (χ2n) is 8.20. The molecule has 2 amide bonds. The summed E-state index contributed by atoms with van der Waals surface area (Å²) >= 11 is 0. The summed E-state index contributed by atoms with van der Waals surface area (Å²) in [7, 11) is 3.15. The van der Waals surface area contributed by atoms with Gasteiger partial charge in [-0.15, -0.1) is 0 Å². The summed E-state index contributed by atoms with van der Waals surface area (Å²) < 4.78 is 10.6. The van der Waals surface area contributed by atoms with Gasteiger partial charge >= 0.3 is 0 Å². The van der Waals surface area contributed by atoms with Gasteiger partial charge in [-0.05, 0) is 35.2 Å². The summed E-state index contributed by atoms with van der Waals surface area (Å²) in [6, 6.07) is 13.4. The molecule has 0 N–H and O–H groups in total. The highest BCUT2D eigenvalue weighted by atomic mass is 16.5. The molecule has 2 bridgehead atoms. The van der Waals surface area contributed by atoms with Crippen LogP contribution in [-0.4, -0.2) is 43.3 Å². The first-order valence-corrected chi connectivity index (χ1v) is 10.2. The molecule has 6 rings (SSSR count). The Morgan fingerprint density at radius 3 is 2.33 bits per heavy atom. The van der Waals surface area contributed by atoms with E-state index in [1.165, 1.54) is 4.90 Å². The third-order valence-electron chi connectivity index (χ3n) is 6.85. The molecule has 0 unspecified atom stereocenters. The minimum Gasteiger partial charge on any atom is -0.493 e. The van der Waals surface area contributed by atoms with Gasteiger partial charge in [0.25, 0.3) is 0 Å².